The zero-order valence-electron chi connectivity index (χ0n) is 22.3. The number of hydrogen-bond acceptors (Lipinski definition) is 7. The number of carbonyl (C=O) groups is 3. The molecule has 10 heteroatoms. The zero-order chi connectivity index (χ0) is 28.4. The molecule has 8 N–H and O–H groups in total. The van der Waals surface area contributed by atoms with Crippen LogP contribution in [0.5, 0.6) is 0 Å². The normalized spacial score (nSPS) is 19.1. The van der Waals surface area contributed by atoms with Crippen LogP contribution in [-0.4, -0.2) is 65.4 Å². The SMILES string of the molecule is C=Cc1cc(NC(=O)C2(NC(=O)C(N)CC(=O)N(CCN)CCN)CCC(c3ccccc3)C2)cnc1C=C. The second-order valence-electron chi connectivity index (χ2n) is 9.75. The van der Waals surface area contributed by atoms with Crippen LogP contribution in [0.15, 0.2) is 55.8 Å². The van der Waals surface area contributed by atoms with Gasteiger partial charge in [-0.3, -0.25) is 19.4 Å². The minimum atomic E-state index is -1.22. The Hall–Kier alpha value is -3.86. The van der Waals surface area contributed by atoms with Crippen LogP contribution in [-0.2, 0) is 14.4 Å². The molecule has 39 heavy (non-hydrogen) atoms. The largest absolute Gasteiger partial charge is 0.340 e. The number of nitrogens with two attached hydrogens (primary N) is 3. The standard InChI is InChI=1S/C29H39N7O3/c1-3-20-16-23(19-33-25(20)4-2)34-28(39)29(11-10-22(18-29)21-8-6-5-7-9-21)35-27(38)24(32)17-26(37)36(14-12-30)15-13-31/h3-9,16,19,22,24H,1-2,10-15,17-18,30-32H2,(H,34,39)(H,35,38). The first-order chi connectivity index (χ1) is 18.8. The maximum absolute atomic E-state index is 13.8. The first kappa shape index (κ1) is 29.7. The lowest BCUT2D eigenvalue weighted by Gasteiger charge is -2.31. The molecule has 3 amide bonds. The third-order valence-electron chi connectivity index (χ3n) is 7.09. The van der Waals surface area contributed by atoms with Gasteiger partial charge in [0.25, 0.3) is 0 Å². The summed E-state index contributed by atoms with van der Waals surface area (Å²) in [6.07, 6.45) is 6.04. The van der Waals surface area contributed by atoms with Gasteiger partial charge in [0.15, 0.2) is 0 Å². The summed E-state index contributed by atoms with van der Waals surface area (Å²) in [6.45, 7) is 8.73. The molecule has 2 aromatic rings. The number of rotatable bonds is 13. The van der Waals surface area contributed by atoms with Crippen LogP contribution in [0.1, 0.15) is 48.4 Å². The van der Waals surface area contributed by atoms with Crippen molar-refractivity contribution in [2.75, 3.05) is 31.5 Å². The lowest BCUT2D eigenvalue weighted by Crippen LogP contribution is -2.59. The summed E-state index contributed by atoms with van der Waals surface area (Å²) in [7, 11) is 0. The summed E-state index contributed by atoms with van der Waals surface area (Å²) in [4.78, 5) is 45.6. The van der Waals surface area contributed by atoms with Gasteiger partial charge in [0.1, 0.15) is 5.54 Å². The zero-order valence-corrected chi connectivity index (χ0v) is 22.3. The molecule has 1 aromatic heterocycles. The molecule has 3 unspecified atom stereocenters. The van der Waals surface area contributed by atoms with E-state index in [1.54, 1.807) is 18.2 Å². The van der Waals surface area contributed by atoms with Crippen molar-refractivity contribution in [3.8, 4) is 0 Å². The molecular formula is C29H39N7O3. The molecular weight excluding hydrogens is 494 g/mol. The van der Waals surface area contributed by atoms with E-state index < -0.39 is 17.5 Å². The molecule has 0 spiro atoms. The number of pyridine rings is 1. The number of anilines is 1. The molecule has 1 aromatic carbocycles. The van der Waals surface area contributed by atoms with Crippen LogP contribution in [0.2, 0.25) is 0 Å². The Morgan fingerprint density at radius 3 is 2.44 bits per heavy atom. The maximum atomic E-state index is 13.8. The van der Waals surface area contributed by atoms with Gasteiger partial charge in [-0.25, -0.2) is 0 Å². The highest BCUT2D eigenvalue weighted by molar-refractivity contribution is 6.02. The average molecular weight is 534 g/mol. The Morgan fingerprint density at radius 1 is 1.13 bits per heavy atom. The van der Waals surface area contributed by atoms with Gasteiger partial charge >= 0.3 is 0 Å². The number of benzene rings is 1. The van der Waals surface area contributed by atoms with Crippen LogP contribution < -0.4 is 27.8 Å². The molecule has 1 aliphatic carbocycles. The molecule has 0 radical (unpaired) electrons. The van der Waals surface area contributed by atoms with Crippen molar-refractivity contribution in [1.82, 2.24) is 15.2 Å². The Kier molecular flexibility index (Phi) is 10.5. The fourth-order valence-electron chi connectivity index (χ4n) is 4.99. The van der Waals surface area contributed by atoms with Gasteiger partial charge in [-0.2, -0.15) is 0 Å². The molecule has 0 aliphatic heterocycles. The van der Waals surface area contributed by atoms with E-state index in [1.807, 2.05) is 30.3 Å². The van der Waals surface area contributed by atoms with Crippen LogP contribution in [0.25, 0.3) is 12.2 Å². The second-order valence-corrected chi connectivity index (χ2v) is 9.75. The van der Waals surface area contributed by atoms with Gasteiger partial charge in [-0.1, -0.05) is 49.6 Å². The molecule has 3 rings (SSSR count). The molecule has 208 valence electrons. The molecule has 1 fully saturated rings. The molecule has 1 aliphatic rings. The summed E-state index contributed by atoms with van der Waals surface area (Å²) >= 11 is 0. The Morgan fingerprint density at radius 2 is 1.82 bits per heavy atom. The van der Waals surface area contributed by atoms with Crippen molar-refractivity contribution < 1.29 is 14.4 Å². The molecule has 3 atom stereocenters. The minimum Gasteiger partial charge on any atom is -0.340 e. The quantitative estimate of drug-likeness (QED) is 0.260. The smallest absolute Gasteiger partial charge is 0.250 e. The van der Waals surface area contributed by atoms with Gasteiger partial charge in [0, 0.05) is 31.7 Å². The monoisotopic (exact) mass is 533 g/mol. The van der Waals surface area contributed by atoms with Crippen molar-refractivity contribution in [2.45, 2.75) is 43.2 Å². The molecule has 1 heterocycles. The molecule has 10 nitrogen and oxygen atoms in total. The van der Waals surface area contributed by atoms with E-state index in [0.29, 0.717) is 43.7 Å². The third kappa shape index (κ3) is 7.38. The Bertz CT molecular complexity index is 1180. The molecule has 0 saturated heterocycles. The van der Waals surface area contributed by atoms with Gasteiger partial charge in [-0.15, -0.1) is 0 Å². The first-order valence-corrected chi connectivity index (χ1v) is 13.1. The molecule has 1 saturated carbocycles. The predicted molar refractivity (Wildman–Crippen MR) is 154 cm³/mol. The van der Waals surface area contributed by atoms with E-state index >= 15 is 0 Å². The van der Waals surface area contributed by atoms with Crippen LogP contribution in [0.3, 0.4) is 0 Å². The maximum Gasteiger partial charge on any atom is 0.250 e. The second kappa shape index (κ2) is 13.8. The Balaban J connectivity index is 1.82. The van der Waals surface area contributed by atoms with Crippen LogP contribution in [0.4, 0.5) is 5.69 Å². The predicted octanol–water partition coefficient (Wildman–Crippen LogP) is 1.59. The fourth-order valence-corrected chi connectivity index (χ4v) is 4.99. The van der Waals surface area contributed by atoms with Crippen molar-refractivity contribution >= 4 is 35.6 Å². The van der Waals surface area contributed by atoms with E-state index in [4.69, 9.17) is 17.2 Å². The lowest BCUT2D eigenvalue weighted by atomic mass is 9.90. The van der Waals surface area contributed by atoms with E-state index in [0.717, 1.165) is 11.1 Å². The van der Waals surface area contributed by atoms with E-state index in [2.05, 4.69) is 28.8 Å². The van der Waals surface area contributed by atoms with Gasteiger partial charge in [0.05, 0.1) is 30.0 Å². The van der Waals surface area contributed by atoms with Gasteiger partial charge < -0.3 is 32.7 Å². The average Bonchev–Trinajstić information content (AvgIpc) is 3.38. The van der Waals surface area contributed by atoms with Crippen molar-refractivity contribution in [1.29, 1.82) is 0 Å². The topological polar surface area (TPSA) is 169 Å². The van der Waals surface area contributed by atoms with Crippen molar-refractivity contribution in [3.05, 3.63) is 72.6 Å². The summed E-state index contributed by atoms with van der Waals surface area (Å²) in [5.41, 5.74) is 19.1. The number of aromatic nitrogens is 1. The summed E-state index contributed by atoms with van der Waals surface area (Å²) in [5, 5.41) is 5.84. The lowest BCUT2D eigenvalue weighted by molar-refractivity contribution is -0.135. The highest BCUT2D eigenvalue weighted by atomic mass is 16.2. The summed E-state index contributed by atoms with van der Waals surface area (Å²) < 4.78 is 0. The summed E-state index contributed by atoms with van der Waals surface area (Å²) in [6, 6.07) is 10.5. The fraction of sp³-hybridized carbons (Fsp3) is 0.379. The highest BCUT2D eigenvalue weighted by Gasteiger charge is 2.47. The number of hydrogen-bond donors (Lipinski definition) is 5. The highest BCUT2D eigenvalue weighted by Crippen LogP contribution is 2.41. The minimum absolute atomic E-state index is 0.0599. The van der Waals surface area contributed by atoms with Crippen molar-refractivity contribution in [3.63, 3.8) is 0 Å². The number of nitrogens with zero attached hydrogens (tertiary/aromatic N) is 2. The van der Waals surface area contributed by atoms with Crippen LogP contribution in [0, 0.1) is 0 Å². The number of nitrogens with one attached hydrogen (secondary N) is 2. The number of carbonyl (C=O) groups excluding carboxylic acids is 3. The molecule has 0 bridgehead atoms. The van der Waals surface area contributed by atoms with E-state index in [-0.39, 0.29) is 37.2 Å². The number of amides is 3. The van der Waals surface area contributed by atoms with Crippen LogP contribution >= 0.6 is 0 Å². The van der Waals surface area contributed by atoms with E-state index in [9.17, 15) is 14.4 Å². The summed E-state index contributed by atoms with van der Waals surface area (Å²) in [5.74, 6) is -1.20. The first-order valence-electron chi connectivity index (χ1n) is 13.1. The van der Waals surface area contributed by atoms with E-state index in [1.165, 1.54) is 11.1 Å². The van der Waals surface area contributed by atoms with Gasteiger partial charge in [-0.05, 0) is 42.9 Å². The van der Waals surface area contributed by atoms with Gasteiger partial charge in [0.2, 0.25) is 17.7 Å². The third-order valence-corrected chi connectivity index (χ3v) is 7.09. The Labute approximate surface area is 229 Å². The van der Waals surface area contributed by atoms with Crippen molar-refractivity contribution in [2.24, 2.45) is 17.2 Å².